The van der Waals surface area contributed by atoms with Crippen LogP contribution >= 0.6 is 0 Å². The number of hydrogen-bond donors (Lipinski definition) is 1. The third kappa shape index (κ3) is 5.94. The lowest BCUT2D eigenvalue weighted by Gasteiger charge is -2.27. The SMILES string of the molecule is Bc1c(B)c(B)c2c(c1B)c(B)c(-c1ccc(Nc3ccc(-c4c(B)c5c(B)c(B)c(B)c(B)c5c5c(B)c(B)c(B)c(B)c45)cc3)cc1)c1c(B)c(B)c(B)c(B)c12. The van der Waals surface area contributed by atoms with Crippen molar-refractivity contribution in [3.05, 3.63) is 48.5 Å². The highest BCUT2D eigenvalue weighted by molar-refractivity contribution is 6.75. The summed E-state index contributed by atoms with van der Waals surface area (Å²) in [5, 5.41) is 15.1. The van der Waals surface area contributed by atoms with Crippen LogP contribution in [-0.2, 0) is 0 Å². The Morgan fingerprint density at radius 3 is 0.661 bits per heavy atom. The highest BCUT2D eigenvalue weighted by atomic mass is 14.9. The number of anilines is 2. The highest BCUT2D eigenvalue weighted by Crippen LogP contribution is 2.33. The number of benzene rings is 8. The van der Waals surface area contributed by atoms with E-state index in [0.717, 1.165) is 11.4 Å². The molecule has 0 saturated heterocycles. The minimum atomic E-state index is 1.09. The Balaban J connectivity index is 1.25. The molecule has 1 nitrogen and oxygen atoms in total. The molecule has 0 fully saturated rings. The van der Waals surface area contributed by atoms with E-state index in [4.69, 9.17) is 0 Å². The lowest BCUT2D eigenvalue weighted by molar-refractivity contribution is 1.55. The summed E-state index contributed by atoms with van der Waals surface area (Å²) in [6.45, 7) is 0. The monoisotopic (exact) mass is 738 g/mol. The van der Waals surface area contributed by atoms with Crippen molar-refractivity contribution in [2.24, 2.45) is 0 Å². The molecule has 59 heavy (non-hydrogen) atoms. The van der Waals surface area contributed by atoms with E-state index in [-0.39, 0.29) is 0 Å². The maximum atomic E-state index is 3.76. The molecule has 0 amide bonds. The quantitative estimate of drug-likeness (QED) is 0.140. The first-order chi connectivity index (χ1) is 27.8. The number of nitrogens with one attached hydrogen (secondary N) is 1. The standard InChI is InChI=1S/C40H45B18N/c41-23-13(15-17(27(45)35(53)33(51)25(15)43)19-21(23)31(49)39(57)37(55)29(19)47)9-1-5-11(6-2-9)59-12-7-3-10(4-8-12)14-16-18(28(46)36(54)34(52)26(16)44)20-22(24(14)42)32(50)40(58)38(56)30(20)48/h1-8,59H,41-58H2. The van der Waals surface area contributed by atoms with Crippen LogP contribution in [-0.4, -0.2) is 141 Å². The number of fused-ring (bicyclic) bond motifs is 6. The first-order valence-corrected chi connectivity index (χ1v) is 21.6. The van der Waals surface area contributed by atoms with Crippen LogP contribution in [0.25, 0.3) is 65.3 Å². The topological polar surface area (TPSA) is 12.0 Å². The molecule has 0 aliphatic rings. The van der Waals surface area contributed by atoms with Gasteiger partial charge in [0.1, 0.15) is 141 Å². The molecule has 0 unspecified atom stereocenters. The second-order valence-electron chi connectivity index (χ2n) is 18.3. The van der Waals surface area contributed by atoms with Gasteiger partial charge in [0.25, 0.3) is 0 Å². The van der Waals surface area contributed by atoms with Gasteiger partial charge in [-0.3, -0.25) is 0 Å². The maximum absolute atomic E-state index is 3.76. The second-order valence-corrected chi connectivity index (χ2v) is 18.3. The summed E-state index contributed by atoms with van der Waals surface area (Å²) >= 11 is 0. The van der Waals surface area contributed by atoms with Crippen molar-refractivity contribution >= 4 is 294 Å². The zero-order chi connectivity index (χ0) is 42.8. The molecule has 8 rings (SSSR count). The molecule has 8 aromatic carbocycles. The van der Waals surface area contributed by atoms with Gasteiger partial charge in [0, 0.05) is 11.4 Å². The third-order valence-corrected chi connectivity index (χ3v) is 15.9. The summed E-state index contributed by atoms with van der Waals surface area (Å²) in [6.07, 6.45) is 0. The second kappa shape index (κ2) is 14.7. The van der Waals surface area contributed by atoms with Crippen LogP contribution in [0.4, 0.5) is 11.4 Å². The van der Waals surface area contributed by atoms with Crippen LogP contribution in [0.5, 0.6) is 0 Å². The molecule has 8 aromatic rings. The van der Waals surface area contributed by atoms with Gasteiger partial charge in [-0.1, -0.05) is 78.9 Å². The molecule has 1 N–H and O–H groups in total. The van der Waals surface area contributed by atoms with Gasteiger partial charge < -0.3 is 5.32 Å². The van der Waals surface area contributed by atoms with E-state index in [2.05, 4.69) is 195 Å². The molecule has 264 valence electrons. The third-order valence-electron chi connectivity index (χ3n) is 15.9. The molecule has 0 aliphatic carbocycles. The molecule has 0 aliphatic heterocycles. The summed E-state index contributed by atoms with van der Waals surface area (Å²) in [4.78, 5) is 0. The molecular weight excluding hydrogens is 689 g/mol. The van der Waals surface area contributed by atoms with E-state index in [1.54, 1.807) is 0 Å². The van der Waals surface area contributed by atoms with E-state index in [1.165, 1.54) is 164 Å². The van der Waals surface area contributed by atoms with Crippen molar-refractivity contribution < 1.29 is 0 Å². The van der Waals surface area contributed by atoms with Crippen LogP contribution < -0.4 is 104 Å². The van der Waals surface area contributed by atoms with Gasteiger partial charge in [0.05, 0.1) is 0 Å². The average molecular weight is 734 g/mol. The summed E-state index contributed by atoms with van der Waals surface area (Å²) in [6, 6.07) is 18.3. The van der Waals surface area contributed by atoms with E-state index in [0.29, 0.717) is 0 Å². The Kier molecular flexibility index (Phi) is 10.4. The fraction of sp³-hybridized carbons (Fsp3) is 0. The Bertz CT molecular complexity index is 2980. The lowest BCUT2D eigenvalue weighted by atomic mass is 9.58. The Hall–Kier alpha value is -4.23. The normalized spacial score (nSPS) is 11.6. The summed E-state index contributed by atoms with van der Waals surface area (Å²) < 4.78 is 0. The lowest BCUT2D eigenvalue weighted by Crippen LogP contribution is -2.51. The molecule has 0 saturated carbocycles. The van der Waals surface area contributed by atoms with E-state index >= 15 is 0 Å². The minimum Gasteiger partial charge on any atom is -0.356 e. The Labute approximate surface area is 368 Å². The predicted octanol–water partition coefficient (Wildman–Crippen LogP) is -20.0. The molecule has 19 heteroatoms. The summed E-state index contributed by atoms with van der Waals surface area (Å²) in [5.41, 5.74) is 32.6. The van der Waals surface area contributed by atoms with E-state index in [1.807, 2.05) is 0 Å². The van der Waals surface area contributed by atoms with Gasteiger partial charge in [-0.15, -0.1) is 43.7 Å². The Morgan fingerprint density at radius 1 is 0.203 bits per heavy atom. The summed E-state index contributed by atoms with van der Waals surface area (Å²) in [5.74, 6) is 0. The summed E-state index contributed by atoms with van der Waals surface area (Å²) in [7, 11) is 41.8. The Morgan fingerprint density at radius 2 is 0.407 bits per heavy atom. The minimum absolute atomic E-state index is 1.09. The van der Waals surface area contributed by atoms with Crippen molar-refractivity contribution in [1.82, 2.24) is 0 Å². The molecule has 0 bridgehead atoms. The van der Waals surface area contributed by atoms with Crippen LogP contribution in [0.3, 0.4) is 0 Å². The van der Waals surface area contributed by atoms with Gasteiger partial charge in [0.15, 0.2) is 0 Å². The molecular formula is C40H45B18N. The van der Waals surface area contributed by atoms with Crippen molar-refractivity contribution in [2.45, 2.75) is 0 Å². The first kappa shape index (κ1) is 41.5. The van der Waals surface area contributed by atoms with Crippen LogP contribution in [0.2, 0.25) is 0 Å². The van der Waals surface area contributed by atoms with Gasteiger partial charge in [-0.05, 0) is 89.6 Å². The molecule has 0 spiro atoms. The average Bonchev–Trinajstić information content (AvgIpc) is 3.22. The van der Waals surface area contributed by atoms with Crippen molar-refractivity contribution in [3.8, 4) is 22.3 Å². The van der Waals surface area contributed by atoms with Gasteiger partial charge in [-0.25, -0.2) is 0 Å². The fourth-order valence-electron chi connectivity index (χ4n) is 11.0. The zero-order valence-corrected chi connectivity index (χ0v) is 39.1. The van der Waals surface area contributed by atoms with Crippen molar-refractivity contribution in [1.29, 1.82) is 0 Å². The highest BCUT2D eigenvalue weighted by Gasteiger charge is 2.24. The zero-order valence-electron chi connectivity index (χ0n) is 39.1. The van der Waals surface area contributed by atoms with Crippen molar-refractivity contribution in [3.63, 3.8) is 0 Å². The number of rotatable bonds is 4. The van der Waals surface area contributed by atoms with Crippen molar-refractivity contribution in [2.75, 3.05) is 5.32 Å². The largest absolute Gasteiger partial charge is 0.356 e. The number of hydrogen-bond acceptors (Lipinski definition) is 1. The first-order valence-electron chi connectivity index (χ1n) is 21.6. The van der Waals surface area contributed by atoms with Crippen LogP contribution in [0.15, 0.2) is 48.5 Å². The van der Waals surface area contributed by atoms with E-state index < -0.39 is 0 Å². The predicted molar refractivity (Wildman–Crippen MR) is 324 cm³/mol. The van der Waals surface area contributed by atoms with Crippen LogP contribution in [0, 0.1) is 0 Å². The molecule has 0 radical (unpaired) electrons. The van der Waals surface area contributed by atoms with Crippen LogP contribution in [0.1, 0.15) is 0 Å². The molecule has 0 atom stereocenters. The van der Waals surface area contributed by atoms with E-state index in [9.17, 15) is 0 Å². The van der Waals surface area contributed by atoms with Gasteiger partial charge in [-0.2, -0.15) is 0 Å². The van der Waals surface area contributed by atoms with Gasteiger partial charge >= 0.3 is 0 Å². The molecule has 0 heterocycles. The fourth-order valence-corrected chi connectivity index (χ4v) is 11.0. The van der Waals surface area contributed by atoms with Gasteiger partial charge in [0.2, 0.25) is 0 Å². The maximum Gasteiger partial charge on any atom is 0.140 e. The smallest absolute Gasteiger partial charge is 0.140 e. The molecule has 0 aromatic heterocycles.